The van der Waals surface area contributed by atoms with Gasteiger partial charge in [-0.15, -0.1) is 0 Å². The van der Waals surface area contributed by atoms with E-state index in [4.69, 9.17) is 15.6 Å². The van der Waals surface area contributed by atoms with Crippen molar-refractivity contribution in [2.24, 2.45) is 5.73 Å². The summed E-state index contributed by atoms with van der Waals surface area (Å²) < 4.78 is 5.25. The van der Waals surface area contributed by atoms with Gasteiger partial charge in [-0.05, 0) is 12.1 Å². The third kappa shape index (κ3) is 1.70. The molecule has 16 heavy (non-hydrogen) atoms. The van der Waals surface area contributed by atoms with Crippen LogP contribution in [0.5, 0.6) is 5.75 Å². The number of hydrogen-bond donors (Lipinski definition) is 3. The van der Waals surface area contributed by atoms with Crippen LogP contribution in [-0.4, -0.2) is 29.1 Å². The van der Waals surface area contributed by atoms with Crippen molar-refractivity contribution in [3.05, 3.63) is 24.3 Å². The van der Waals surface area contributed by atoms with E-state index >= 15 is 0 Å². The van der Waals surface area contributed by atoms with E-state index in [1.807, 2.05) is 0 Å². The maximum atomic E-state index is 11.5. The van der Waals surface area contributed by atoms with Crippen LogP contribution in [0.25, 0.3) is 0 Å². The van der Waals surface area contributed by atoms with Gasteiger partial charge in [0.25, 0.3) is 5.91 Å². The van der Waals surface area contributed by atoms with E-state index < -0.39 is 24.0 Å². The number of hydrogen-bond acceptors (Lipinski definition) is 4. The number of fused-ring (bicyclic) bond motifs is 1. The number of anilines is 1. The minimum Gasteiger partial charge on any atom is -0.480 e. The Balaban J connectivity index is 2.28. The summed E-state index contributed by atoms with van der Waals surface area (Å²) in [5, 5.41) is 11.3. The highest BCUT2D eigenvalue weighted by Crippen LogP contribution is 2.29. The first-order valence-electron chi connectivity index (χ1n) is 4.64. The molecule has 1 aliphatic heterocycles. The highest BCUT2D eigenvalue weighted by molar-refractivity contribution is 6.00. The molecule has 1 aromatic carbocycles. The van der Waals surface area contributed by atoms with Gasteiger partial charge in [0.15, 0.2) is 0 Å². The van der Waals surface area contributed by atoms with Gasteiger partial charge in [-0.1, -0.05) is 12.1 Å². The molecule has 84 valence electrons. The number of rotatable bonds is 2. The quantitative estimate of drug-likeness (QED) is 0.643. The van der Waals surface area contributed by atoms with Crippen molar-refractivity contribution >= 4 is 17.6 Å². The Morgan fingerprint density at radius 2 is 2.19 bits per heavy atom. The van der Waals surface area contributed by atoms with Crippen LogP contribution in [0.3, 0.4) is 0 Å². The van der Waals surface area contributed by atoms with Crippen LogP contribution < -0.4 is 15.8 Å². The molecule has 6 nitrogen and oxygen atoms in total. The van der Waals surface area contributed by atoms with Crippen molar-refractivity contribution in [1.82, 2.24) is 0 Å². The molecule has 1 aliphatic rings. The molecule has 1 aromatic rings. The number of nitrogens with two attached hydrogens (primary N) is 1. The number of aliphatic carboxylic acids is 1. The van der Waals surface area contributed by atoms with E-state index in [1.54, 1.807) is 24.3 Å². The van der Waals surface area contributed by atoms with Crippen molar-refractivity contribution < 1.29 is 19.4 Å². The number of ether oxygens (including phenoxy) is 1. The Bertz CT molecular complexity index is 446. The topological polar surface area (TPSA) is 102 Å². The molecular weight excluding hydrogens is 212 g/mol. The molecule has 0 radical (unpaired) electrons. The highest BCUT2D eigenvalue weighted by atomic mass is 16.5. The zero-order chi connectivity index (χ0) is 11.7. The van der Waals surface area contributed by atoms with Crippen LogP contribution in [0.1, 0.15) is 0 Å². The Kier molecular flexibility index (Phi) is 2.49. The van der Waals surface area contributed by atoms with Gasteiger partial charge >= 0.3 is 5.97 Å². The summed E-state index contributed by atoms with van der Waals surface area (Å²) in [4.78, 5) is 22.2. The largest absolute Gasteiger partial charge is 0.480 e. The van der Waals surface area contributed by atoms with Crippen molar-refractivity contribution in [3.8, 4) is 5.75 Å². The number of para-hydroxylation sites is 2. The van der Waals surface area contributed by atoms with Crippen LogP contribution in [0.15, 0.2) is 24.3 Å². The molecule has 0 aliphatic carbocycles. The molecule has 0 saturated carbocycles. The maximum absolute atomic E-state index is 11.5. The summed E-state index contributed by atoms with van der Waals surface area (Å²) in [5.41, 5.74) is 5.87. The molecule has 0 fully saturated rings. The van der Waals surface area contributed by atoms with E-state index in [2.05, 4.69) is 5.32 Å². The van der Waals surface area contributed by atoms with Crippen molar-refractivity contribution in [1.29, 1.82) is 0 Å². The molecule has 1 heterocycles. The molecular formula is C10H10N2O4. The number of amides is 1. The summed E-state index contributed by atoms with van der Waals surface area (Å²) in [6.45, 7) is 0. The number of benzene rings is 1. The number of carboxylic acid groups (broad SMARTS) is 1. The van der Waals surface area contributed by atoms with E-state index in [0.717, 1.165) is 0 Å². The van der Waals surface area contributed by atoms with Gasteiger partial charge < -0.3 is 20.9 Å². The van der Waals surface area contributed by atoms with E-state index in [-0.39, 0.29) is 0 Å². The van der Waals surface area contributed by atoms with Gasteiger partial charge in [0, 0.05) is 0 Å². The summed E-state index contributed by atoms with van der Waals surface area (Å²) in [7, 11) is 0. The van der Waals surface area contributed by atoms with E-state index in [0.29, 0.717) is 11.4 Å². The van der Waals surface area contributed by atoms with Gasteiger partial charge in [-0.3, -0.25) is 9.59 Å². The minimum absolute atomic E-state index is 0.420. The first kappa shape index (κ1) is 10.4. The molecule has 0 aromatic heterocycles. The second-order valence-electron chi connectivity index (χ2n) is 3.39. The van der Waals surface area contributed by atoms with Crippen molar-refractivity contribution in [2.75, 3.05) is 5.32 Å². The monoisotopic (exact) mass is 222 g/mol. The summed E-state index contributed by atoms with van der Waals surface area (Å²) in [6, 6.07) is 5.37. The number of carboxylic acids is 1. The fourth-order valence-corrected chi connectivity index (χ4v) is 1.43. The normalized spacial score (nSPS) is 20.3. The lowest BCUT2D eigenvalue weighted by Crippen LogP contribution is -2.53. The molecule has 6 heteroatoms. The lowest BCUT2D eigenvalue weighted by atomic mass is 10.1. The molecule has 0 spiro atoms. The Labute approximate surface area is 91.0 Å². The third-order valence-electron chi connectivity index (χ3n) is 2.27. The average Bonchev–Trinajstić information content (AvgIpc) is 2.27. The first-order valence-corrected chi connectivity index (χ1v) is 4.64. The molecule has 2 rings (SSSR count). The fraction of sp³-hybridized carbons (Fsp3) is 0.200. The zero-order valence-electron chi connectivity index (χ0n) is 8.21. The Morgan fingerprint density at radius 3 is 2.88 bits per heavy atom. The maximum Gasteiger partial charge on any atom is 0.324 e. The van der Waals surface area contributed by atoms with Gasteiger partial charge in [0.2, 0.25) is 6.10 Å². The SMILES string of the molecule is NC(C(=O)O)C1Oc2ccccc2NC1=O. The number of nitrogens with one attached hydrogen (secondary N) is 1. The molecule has 0 bridgehead atoms. The van der Waals surface area contributed by atoms with Crippen LogP contribution in [-0.2, 0) is 9.59 Å². The zero-order valence-corrected chi connectivity index (χ0v) is 8.21. The second kappa shape index (κ2) is 3.82. The van der Waals surface area contributed by atoms with Gasteiger partial charge in [-0.25, -0.2) is 0 Å². The molecule has 2 unspecified atom stereocenters. The molecule has 2 atom stereocenters. The predicted octanol–water partition coefficient (Wildman–Crippen LogP) is -0.202. The lowest BCUT2D eigenvalue weighted by Gasteiger charge is -2.27. The lowest BCUT2D eigenvalue weighted by molar-refractivity contribution is -0.144. The summed E-state index contributed by atoms with van der Waals surface area (Å²) >= 11 is 0. The standard InChI is InChI=1S/C10H10N2O4/c11-7(10(14)15)8-9(13)12-5-3-1-2-4-6(5)16-8/h1-4,7-8H,11H2,(H,12,13)(H,14,15). The highest BCUT2D eigenvalue weighted by Gasteiger charge is 2.36. The molecule has 0 saturated heterocycles. The first-order chi connectivity index (χ1) is 7.59. The third-order valence-corrected chi connectivity index (χ3v) is 2.27. The Hall–Kier alpha value is -2.08. The predicted molar refractivity (Wildman–Crippen MR) is 55.1 cm³/mol. The van der Waals surface area contributed by atoms with Crippen molar-refractivity contribution in [3.63, 3.8) is 0 Å². The summed E-state index contributed by atoms with van der Waals surface area (Å²) in [6.07, 6.45) is -1.20. The van der Waals surface area contributed by atoms with Gasteiger partial charge in [0.1, 0.15) is 11.8 Å². The second-order valence-corrected chi connectivity index (χ2v) is 3.39. The smallest absolute Gasteiger partial charge is 0.324 e. The van der Waals surface area contributed by atoms with Crippen LogP contribution in [0, 0.1) is 0 Å². The van der Waals surface area contributed by atoms with Crippen LogP contribution in [0.4, 0.5) is 5.69 Å². The minimum atomic E-state index is -1.38. The number of carbonyl (C=O) groups is 2. The number of carbonyl (C=O) groups excluding carboxylic acids is 1. The van der Waals surface area contributed by atoms with Gasteiger partial charge in [-0.2, -0.15) is 0 Å². The summed E-state index contributed by atoms with van der Waals surface area (Å²) in [5.74, 6) is -1.41. The van der Waals surface area contributed by atoms with Crippen LogP contribution >= 0.6 is 0 Å². The average molecular weight is 222 g/mol. The molecule has 1 amide bonds. The van der Waals surface area contributed by atoms with Gasteiger partial charge in [0.05, 0.1) is 5.69 Å². The van der Waals surface area contributed by atoms with E-state index in [1.165, 1.54) is 0 Å². The van der Waals surface area contributed by atoms with Crippen molar-refractivity contribution in [2.45, 2.75) is 12.1 Å². The van der Waals surface area contributed by atoms with Crippen LogP contribution in [0.2, 0.25) is 0 Å². The molecule has 4 N–H and O–H groups in total. The fourth-order valence-electron chi connectivity index (χ4n) is 1.43. The van der Waals surface area contributed by atoms with E-state index in [9.17, 15) is 9.59 Å². The Morgan fingerprint density at radius 1 is 1.50 bits per heavy atom.